The second kappa shape index (κ2) is 5.84. The summed E-state index contributed by atoms with van der Waals surface area (Å²) in [6.07, 6.45) is 3.93. The van der Waals surface area contributed by atoms with Crippen molar-refractivity contribution in [2.24, 2.45) is 5.73 Å². The summed E-state index contributed by atoms with van der Waals surface area (Å²) in [4.78, 5) is 24.2. The van der Waals surface area contributed by atoms with E-state index in [2.05, 4.69) is 0 Å². The van der Waals surface area contributed by atoms with E-state index in [9.17, 15) is 9.59 Å². The van der Waals surface area contributed by atoms with Gasteiger partial charge in [-0.1, -0.05) is 19.8 Å². The summed E-state index contributed by atoms with van der Waals surface area (Å²) < 4.78 is 0. The molecular weight excluding hydrogens is 208 g/mol. The minimum absolute atomic E-state index is 0.401. The number of nitrogens with zero attached hydrogens (tertiary/aromatic N) is 1. The zero-order valence-electron chi connectivity index (χ0n) is 9.69. The third-order valence-electron chi connectivity index (χ3n) is 3.12. The predicted octanol–water partition coefficient (Wildman–Crippen LogP) is 0.580. The van der Waals surface area contributed by atoms with Crippen LogP contribution in [-0.4, -0.2) is 40.5 Å². The Labute approximate surface area is 95.6 Å². The summed E-state index contributed by atoms with van der Waals surface area (Å²) >= 11 is 0. The fraction of sp³-hybridized carbons (Fsp3) is 0.818. The maximum atomic E-state index is 11.3. The van der Waals surface area contributed by atoms with E-state index in [0.717, 1.165) is 19.3 Å². The smallest absolute Gasteiger partial charge is 0.320 e. The second-order valence-corrected chi connectivity index (χ2v) is 4.29. The molecule has 0 saturated carbocycles. The highest BCUT2D eigenvalue weighted by Crippen LogP contribution is 2.21. The van der Waals surface area contributed by atoms with Crippen LogP contribution < -0.4 is 5.73 Å². The highest BCUT2D eigenvalue weighted by Gasteiger charge is 2.35. The summed E-state index contributed by atoms with van der Waals surface area (Å²) in [7, 11) is 0. The first-order chi connectivity index (χ1) is 7.57. The van der Waals surface area contributed by atoms with E-state index >= 15 is 0 Å². The molecule has 1 aliphatic rings. The number of aliphatic carboxylic acids is 1. The number of carboxylic acids is 1. The van der Waals surface area contributed by atoms with E-state index in [-0.39, 0.29) is 0 Å². The molecule has 5 nitrogen and oxygen atoms in total. The lowest BCUT2D eigenvalue weighted by atomic mass is 9.97. The molecule has 1 saturated heterocycles. The normalized spacial score (nSPS) is 23.9. The van der Waals surface area contributed by atoms with E-state index in [1.165, 1.54) is 0 Å². The Morgan fingerprint density at radius 2 is 2.19 bits per heavy atom. The molecule has 5 heteroatoms. The van der Waals surface area contributed by atoms with Gasteiger partial charge in [0.05, 0.1) is 6.04 Å². The lowest BCUT2D eigenvalue weighted by Gasteiger charge is -2.37. The molecule has 0 aliphatic carbocycles. The average Bonchev–Trinajstić information content (AvgIpc) is 2.25. The van der Waals surface area contributed by atoms with Crippen molar-refractivity contribution in [3.8, 4) is 0 Å². The monoisotopic (exact) mass is 228 g/mol. The molecule has 0 aromatic heterocycles. The van der Waals surface area contributed by atoms with E-state index in [0.29, 0.717) is 19.4 Å². The van der Waals surface area contributed by atoms with Gasteiger partial charge in [0.25, 0.3) is 0 Å². The summed E-state index contributed by atoms with van der Waals surface area (Å²) in [5, 5.41) is 9.16. The number of primary amides is 1. The first kappa shape index (κ1) is 13.0. The van der Waals surface area contributed by atoms with Gasteiger partial charge in [0.15, 0.2) is 0 Å². The Balaban J connectivity index is 2.78. The Bertz CT molecular complexity index is 268. The van der Waals surface area contributed by atoms with Crippen LogP contribution in [0.25, 0.3) is 0 Å². The van der Waals surface area contributed by atoms with Gasteiger partial charge >= 0.3 is 5.97 Å². The van der Waals surface area contributed by atoms with E-state index in [4.69, 9.17) is 10.8 Å². The van der Waals surface area contributed by atoms with Crippen LogP contribution >= 0.6 is 0 Å². The summed E-state index contributed by atoms with van der Waals surface area (Å²) in [6, 6.07) is -0.968. The summed E-state index contributed by atoms with van der Waals surface area (Å²) in [5.41, 5.74) is 5.32. The third kappa shape index (κ3) is 2.95. The second-order valence-electron chi connectivity index (χ2n) is 4.29. The van der Waals surface area contributed by atoms with Crippen LogP contribution in [0, 0.1) is 0 Å². The molecule has 0 bridgehead atoms. The number of hydrogen-bond donors (Lipinski definition) is 2. The highest BCUT2D eigenvalue weighted by atomic mass is 16.4. The standard InChI is InChI=1S/C11H20N2O3/c1-2-5-9(11(15)16)13-7-4-3-6-8(13)10(12)14/h8-9H,2-7H2,1H3,(H2,12,14)(H,15,16). The van der Waals surface area contributed by atoms with Gasteiger partial charge in [0, 0.05) is 0 Å². The van der Waals surface area contributed by atoms with E-state index in [1.807, 2.05) is 6.92 Å². The molecule has 3 N–H and O–H groups in total. The fourth-order valence-electron chi connectivity index (χ4n) is 2.34. The van der Waals surface area contributed by atoms with Crippen LogP contribution in [0.4, 0.5) is 0 Å². The van der Waals surface area contributed by atoms with Crippen molar-refractivity contribution in [2.45, 2.75) is 51.1 Å². The lowest BCUT2D eigenvalue weighted by molar-refractivity contribution is -0.146. The molecule has 2 atom stereocenters. The number of carbonyl (C=O) groups is 2. The number of amides is 1. The minimum Gasteiger partial charge on any atom is -0.480 e. The van der Waals surface area contributed by atoms with Crippen molar-refractivity contribution < 1.29 is 14.7 Å². The van der Waals surface area contributed by atoms with Crippen LogP contribution in [-0.2, 0) is 9.59 Å². The Morgan fingerprint density at radius 1 is 1.50 bits per heavy atom. The number of rotatable bonds is 5. The predicted molar refractivity (Wildman–Crippen MR) is 59.9 cm³/mol. The maximum absolute atomic E-state index is 11.3. The van der Waals surface area contributed by atoms with Crippen molar-refractivity contribution in [3.05, 3.63) is 0 Å². The molecule has 16 heavy (non-hydrogen) atoms. The molecule has 1 rings (SSSR count). The number of piperidine rings is 1. The number of likely N-dealkylation sites (tertiary alicyclic amines) is 1. The summed E-state index contributed by atoms with van der Waals surface area (Å²) in [5.74, 6) is -1.25. The van der Waals surface area contributed by atoms with Gasteiger partial charge in [0.1, 0.15) is 6.04 Å². The Morgan fingerprint density at radius 3 is 2.69 bits per heavy atom. The average molecular weight is 228 g/mol. The van der Waals surface area contributed by atoms with Gasteiger partial charge in [0.2, 0.25) is 5.91 Å². The van der Waals surface area contributed by atoms with E-state index in [1.54, 1.807) is 4.90 Å². The third-order valence-corrected chi connectivity index (χ3v) is 3.12. The van der Waals surface area contributed by atoms with Crippen molar-refractivity contribution >= 4 is 11.9 Å². The number of nitrogens with two attached hydrogens (primary N) is 1. The van der Waals surface area contributed by atoms with E-state index < -0.39 is 24.0 Å². The Kier molecular flexibility index (Phi) is 4.73. The van der Waals surface area contributed by atoms with Crippen molar-refractivity contribution in [2.75, 3.05) is 6.54 Å². The highest BCUT2D eigenvalue weighted by molar-refractivity contribution is 5.81. The zero-order valence-corrected chi connectivity index (χ0v) is 9.69. The van der Waals surface area contributed by atoms with Crippen LogP contribution in [0.3, 0.4) is 0 Å². The molecule has 0 radical (unpaired) electrons. The number of hydrogen-bond acceptors (Lipinski definition) is 3. The Hall–Kier alpha value is -1.10. The molecule has 2 unspecified atom stereocenters. The molecule has 1 heterocycles. The fourth-order valence-corrected chi connectivity index (χ4v) is 2.34. The van der Waals surface area contributed by atoms with Crippen molar-refractivity contribution in [1.29, 1.82) is 0 Å². The van der Waals surface area contributed by atoms with Crippen LogP contribution in [0.15, 0.2) is 0 Å². The summed E-state index contributed by atoms with van der Waals surface area (Å²) in [6.45, 7) is 2.60. The van der Waals surface area contributed by atoms with Gasteiger partial charge in [-0.15, -0.1) is 0 Å². The molecule has 1 aliphatic heterocycles. The van der Waals surface area contributed by atoms with Gasteiger partial charge in [-0.25, -0.2) is 0 Å². The minimum atomic E-state index is -0.852. The molecule has 92 valence electrons. The molecule has 1 fully saturated rings. The van der Waals surface area contributed by atoms with Gasteiger partial charge in [-0.05, 0) is 25.8 Å². The maximum Gasteiger partial charge on any atom is 0.320 e. The van der Waals surface area contributed by atoms with Gasteiger partial charge < -0.3 is 10.8 Å². The quantitative estimate of drug-likeness (QED) is 0.721. The lowest BCUT2D eigenvalue weighted by Crippen LogP contribution is -2.54. The molecular formula is C11H20N2O3. The van der Waals surface area contributed by atoms with Crippen molar-refractivity contribution in [3.63, 3.8) is 0 Å². The van der Waals surface area contributed by atoms with Crippen LogP contribution in [0.2, 0.25) is 0 Å². The van der Waals surface area contributed by atoms with Crippen LogP contribution in [0.5, 0.6) is 0 Å². The first-order valence-corrected chi connectivity index (χ1v) is 5.85. The SMILES string of the molecule is CCCC(C(=O)O)N1CCCCC1C(N)=O. The first-order valence-electron chi connectivity index (χ1n) is 5.85. The zero-order chi connectivity index (χ0) is 12.1. The molecule has 0 spiro atoms. The van der Waals surface area contributed by atoms with Crippen molar-refractivity contribution in [1.82, 2.24) is 4.90 Å². The largest absolute Gasteiger partial charge is 0.480 e. The number of carbonyl (C=O) groups excluding carboxylic acids is 1. The van der Waals surface area contributed by atoms with Gasteiger partial charge in [-0.2, -0.15) is 0 Å². The number of carboxylic acid groups (broad SMARTS) is 1. The topological polar surface area (TPSA) is 83.6 Å². The molecule has 1 amide bonds. The van der Waals surface area contributed by atoms with Crippen LogP contribution in [0.1, 0.15) is 39.0 Å². The van der Waals surface area contributed by atoms with Gasteiger partial charge in [-0.3, -0.25) is 14.5 Å². The molecule has 0 aromatic rings. The molecule has 0 aromatic carbocycles.